The zero-order chi connectivity index (χ0) is 13.3. The quantitative estimate of drug-likeness (QED) is 0.846. The van der Waals surface area contributed by atoms with Crippen molar-refractivity contribution in [1.82, 2.24) is 4.90 Å². The molecule has 0 saturated carbocycles. The Kier molecular flexibility index (Phi) is 3.63. The van der Waals surface area contributed by atoms with Gasteiger partial charge in [-0.2, -0.15) is 0 Å². The van der Waals surface area contributed by atoms with E-state index in [1.165, 1.54) is 11.0 Å². The minimum absolute atomic E-state index is 0.0674. The van der Waals surface area contributed by atoms with Crippen LogP contribution in [0.3, 0.4) is 0 Å². The number of para-hydroxylation sites is 1. The lowest BCUT2D eigenvalue weighted by atomic mass is 10.1. The van der Waals surface area contributed by atoms with Gasteiger partial charge in [0.1, 0.15) is 11.9 Å². The van der Waals surface area contributed by atoms with Crippen molar-refractivity contribution in [2.45, 2.75) is 19.0 Å². The number of nitrogens with zero attached hydrogens (tertiary/aromatic N) is 2. The standard InChI is InChI=1S/C13H18FN3O/c1-9-8-16(2)12(7-15)13(18)17(9)11-6-4-3-5-10(11)14/h3-6,9,12H,7-8,15H2,1-2H3. The normalized spacial score (nSPS) is 25.6. The second-order valence-corrected chi connectivity index (χ2v) is 4.70. The fourth-order valence-electron chi connectivity index (χ4n) is 2.48. The number of benzene rings is 1. The first-order chi connectivity index (χ1) is 8.56. The number of amides is 1. The number of anilines is 1. The Morgan fingerprint density at radius 2 is 2.11 bits per heavy atom. The van der Waals surface area contributed by atoms with Crippen LogP contribution in [0.1, 0.15) is 6.92 Å². The van der Waals surface area contributed by atoms with Gasteiger partial charge in [0.2, 0.25) is 5.91 Å². The number of rotatable bonds is 2. The van der Waals surface area contributed by atoms with Crippen LogP contribution >= 0.6 is 0 Å². The number of hydrogen-bond acceptors (Lipinski definition) is 3. The van der Waals surface area contributed by atoms with Crippen LogP contribution in [0.4, 0.5) is 10.1 Å². The maximum absolute atomic E-state index is 13.8. The Morgan fingerprint density at radius 3 is 2.72 bits per heavy atom. The molecule has 0 aromatic heterocycles. The van der Waals surface area contributed by atoms with Crippen LogP contribution in [0.15, 0.2) is 24.3 Å². The minimum Gasteiger partial charge on any atom is -0.328 e. The molecular weight excluding hydrogens is 233 g/mol. The molecule has 1 saturated heterocycles. The average molecular weight is 251 g/mol. The molecular formula is C13H18FN3O. The molecule has 98 valence electrons. The van der Waals surface area contributed by atoms with E-state index >= 15 is 0 Å². The van der Waals surface area contributed by atoms with E-state index in [0.717, 1.165) is 0 Å². The summed E-state index contributed by atoms with van der Waals surface area (Å²) in [6, 6.07) is 5.90. The Bertz CT molecular complexity index is 452. The van der Waals surface area contributed by atoms with Crippen molar-refractivity contribution in [1.29, 1.82) is 0 Å². The topological polar surface area (TPSA) is 49.6 Å². The third-order valence-corrected chi connectivity index (χ3v) is 3.38. The first-order valence-corrected chi connectivity index (χ1v) is 6.04. The molecule has 0 aliphatic carbocycles. The van der Waals surface area contributed by atoms with Crippen LogP contribution in [0.25, 0.3) is 0 Å². The highest BCUT2D eigenvalue weighted by atomic mass is 19.1. The molecule has 0 bridgehead atoms. The molecule has 1 aliphatic rings. The molecule has 2 unspecified atom stereocenters. The minimum atomic E-state index is -0.377. The van der Waals surface area contributed by atoms with E-state index < -0.39 is 0 Å². The Morgan fingerprint density at radius 1 is 1.44 bits per heavy atom. The van der Waals surface area contributed by atoms with Crippen LogP contribution in [0.5, 0.6) is 0 Å². The molecule has 1 heterocycles. The largest absolute Gasteiger partial charge is 0.328 e. The van der Waals surface area contributed by atoms with Crippen molar-refractivity contribution < 1.29 is 9.18 Å². The van der Waals surface area contributed by atoms with Gasteiger partial charge in [-0.25, -0.2) is 4.39 Å². The van der Waals surface area contributed by atoms with E-state index in [1.54, 1.807) is 18.2 Å². The summed E-state index contributed by atoms with van der Waals surface area (Å²) in [7, 11) is 1.87. The van der Waals surface area contributed by atoms with Crippen molar-refractivity contribution in [3.05, 3.63) is 30.1 Å². The van der Waals surface area contributed by atoms with Crippen LogP contribution in [-0.4, -0.2) is 43.0 Å². The first kappa shape index (κ1) is 13.0. The SMILES string of the molecule is CC1CN(C)C(CN)C(=O)N1c1ccccc1F. The van der Waals surface area contributed by atoms with Gasteiger partial charge in [-0.05, 0) is 26.1 Å². The first-order valence-electron chi connectivity index (χ1n) is 6.04. The fraction of sp³-hybridized carbons (Fsp3) is 0.462. The number of likely N-dealkylation sites (N-methyl/N-ethyl adjacent to an activating group) is 1. The summed E-state index contributed by atoms with van der Waals surface area (Å²) in [5.41, 5.74) is 5.96. The number of carbonyl (C=O) groups excluding carboxylic acids is 1. The number of piperazine rings is 1. The summed E-state index contributed by atoms with van der Waals surface area (Å²) in [4.78, 5) is 15.8. The maximum atomic E-state index is 13.8. The van der Waals surface area contributed by atoms with Gasteiger partial charge in [-0.1, -0.05) is 12.1 Å². The predicted molar refractivity (Wildman–Crippen MR) is 68.8 cm³/mol. The van der Waals surface area contributed by atoms with Gasteiger partial charge < -0.3 is 10.6 Å². The van der Waals surface area contributed by atoms with Crippen molar-refractivity contribution in [2.24, 2.45) is 5.73 Å². The third-order valence-electron chi connectivity index (χ3n) is 3.38. The Balaban J connectivity index is 2.37. The number of nitrogens with two attached hydrogens (primary N) is 1. The van der Waals surface area contributed by atoms with E-state index in [1.807, 2.05) is 18.9 Å². The summed E-state index contributed by atoms with van der Waals surface area (Å²) in [5, 5.41) is 0. The van der Waals surface area contributed by atoms with Crippen molar-refractivity contribution in [2.75, 3.05) is 25.0 Å². The molecule has 4 nitrogen and oxygen atoms in total. The number of carbonyl (C=O) groups is 1. The summed E-state index contributed by atoms with van der Waals surface area (Å²) in [5.74, 6) is -0.512. The molecule has 2 rings (SSSR count). The van der Waals surface area contributed by atoms with E-state index in [2.05, 4.69) is 0 Å². The van der Waals surface area contributed by atoms with Crippen LogP contribution in [-0.2, 0) is 4.79 Å². The Labute approximate surface area is 106 Å². The Hall–Kier alpha value is -1.46. The van der Waals surface area contributed by atoms with Gasteiger partial charge in [-0.15, -0.1) is 0 Å². The molecule has 5 heteroatoms. The van der Waals surface area contributed by atoms with Gasteiger partial charge in [0.15, 0.2) is 0 Å². The maximum Gasteiger partial charge on any atom is 0.246 e. The molecule has 1 aromatic carbocycles. The van der Waals surface area contributed by atoms with E-state index in [9.17, 15) is 9.18 Å². The number of halogens is 1. The van der Waals surface area contributed by atoms with Gasteiger partial charge in [0, 0.05) is 19.1 Å². The molecule has 2 N–H and O–H groups in total. The van der Waals surface area contributed by atoms with Gasteiger partial charge in [0.05, 0.1) is 5.69 Å². The second-order valence-electron chi connectivity index (χ2n) is 4.70. The van der Waals surface area contributed by atoms with E-state index in [-0.39, 0.29) is 30.4 Å². The highest BCUT2D eigenvalue weighted by molar-refractivity contribution is 5.98. The van der Waals surface area contributed by atoms with Crippen molar-refractivity contribution in [3.63, 3.8) is 0 Å². The molecule has 18 heavy (non-hydrogen) atoms. The molecule has 0 spiro atoms. The molecule has 1 aromatic rings. The molecule has 2 atom stereocenters. The summed E-state index contributed by atoms with van der Waals surface area (Å²) >= 11 is 0. The summed E-state index contributed by atoms with van der Waals surface area (Å²) in [6.07, 6.45) is 0. The van der Waals surface area contributed by atoms with Crippen LogP contribution < -0.4 is 10.6 Å². The van der Waals surface area contributed by atoms with Gasteiger partial charge >= 0.3 is 0 Å². The summed E-state index contributed by atoms with van der Waals surface area (Å²) < 4.78 is 13.8. The predicted octanol–water partition coefficient (Wildman–Crippen LogP) is 0.820. The van der Waals surface area contributed by atoms with Crippen molar-refractivity contribution >= 4 is 11.6 Å². The lowest BCUT2D eigenvalue weighted by Gasteiger charge is -2.42. The zero-order valence-corrected chi connectivity index (χ0v) is 10.6. The molecule has 1 amide bonds. The van der Waals surface area contributed by atoms with E-state index in [0.29, 0.717) is 12.2 Å². The van der Waals surface area contributed by atoms with E-state index in [4.69, 9.17) is 5.73 Å². The third kappa shape index (κ3) is 2.11. The smallest absolute Gasteiger partial charge is 0.246 e. The van der Waals surface area contributed by atoms with Crippen LogP contribution in [0, 0.1) is 5.82 Å². The highest BCUT2D eigenvalue weighted by Crippen LogP contribution is 2.25. The van der Waals surface area contributed by atoms with Crippen LogP contribution in [0.2, 0.25) is 0 Å². The average Bonchev–Trinajstić information content (AvgIpc) is 2.31. The monoisotopic (exact) mass is 251 g/mol. The molecule has 0 radical (unpaired) electrons. The van der Waals surface area contributed by atoms with Gasteiger partial charge in [-0.3, -0.25) is 9.69 Å². The van der Waals surface area contributed by atoms with Crippen molar-refractivity contribution in [3.8, 4) is 0 Å². The zero-order valence-electron chi connectivity index (χ0n) is 10.6. The lowest BCUT2D eigenvalue weighted by Crippen LogP contribution is -2.62. The fourth-order valence-corrected chi connectivity index (χ4v) is 2.48. The van der Waals surface area contributed by atoms with Gasteiger partial charge in [0.25, 0.3) is 0 Å². The molecule has 1 aliphatic heterocycles. The number of hydrogen-bond donors (Lipinski definition) is 1. The second kappa shape index (κ2) is 5.04. The highest BCUT2D eigenvalue weighted by Gasteiger charge is 2.37. The summed E-state index contributed by atoms with van der Waals surface area (Å²) in [6.45, 7) is 2.84. The lowest BCUT2D eigenvalue weighted by molar-refractivity contribution is -0.125. The molecule has 1 fully saturated rings.